The Morgan fingerprint density at radius 3 is 1.89 bits per heavy atom. The highest BCUT2D eigenvalue weighted by Gasteiger charge is 2.23. The van der Waals surface area contributed by atoms with Crippen molar-refractivity contribution in [2.24, 2.45) is 0 Å². The number of anilines is 2. The number of rotatable bonds is 18. The van der Waals surface area contributed by atoms with E-state index in [9.17, 15) is 24.3 Å². The number of carboxylic acids is 1. The molecule has 1 heterocycles. The second kappa shape index (κ2) is 18.0. The van der Waals surface area contributed by atoms with Gasteiger partial charge in [0, 0.05) is 35.3 Å². The predicted octanol–water partition coefficient (Wildman–Crippen LogP) is 7.69. The van der Waals surface area contributed by atoms with Gasteiger partial charge in [-0.2, -0.15) is 0 Å². The van der Waals surface area contributed by atoms with Crippen LogP contribution in [0.15, 0.2) is 89.3 Å². The molecule has 246 valence electrons. The highest BCUT2D eigenvalue weighted by atomic mass is 16.4. The second-order valence-electron chi connectivity index (χ2n) is 11.4. The van der Waals surface area contributed by atoms with Crippen molar-refractivity contribution in [3.05, 3.63) is 90.6 Å². The maximum absolute atomic E-state index is 13.3. The van der Waals surface area contributed by atoms with Crippen molar-refractivity contribution < 1.29 is 28.7 Å². The van der Waals surface area contributed by atoms with Crippen molar-refractivity contribution >= 4 is 35.1 Å². The lowest BCUT2D eigenvalue weighted by atomic mass is 10.1. The van der Waals surface area contributed by atoms with Crippen molar-refractivity contribution in [1.29, 1.82) is 0 Å². The van der Waals surface area contributed by atoms with E-state index in [1.54, 1.807) is 24.3 Å². The number of carboxylic acid groups (broad SMARTS) is 1. The van der Waals surface area contributed by atoms with Crippen molar-refractivity contribution in [3.8, 4) is 22.8 Å². The number of nitrogens with one attached hydrogen (secondary N) is 3. The number of unbranched alkanes of at least 4 members (excludes halogenated alkanes) is 6. The molecule has 0 spiro atoms. The topological polar surface area (TPSA) is 151 Å². The zero-order chi connectivity index (χ0) is 33.4. The molecule has 10 nitrogen and oxygen atoms in total. The summed E-state index contributed by atoms with van der Waals surface area (Å²) in [6, 6.07) is 24.0. The molecule has 1 atom stereocenters. The van der Waals surface area contributed by atoms with Gasteiger partial charge in [-0.3, -0.25) is 14.4 Å². The Morgan fingerprint density at radius 2 is 1.28 bits per heavy atom. The standard InChI is InChI=1S/C37H42N4O6/c1-2-3-4-5-6-7-14-19-31(42)40-30(37(45)46)24-25-32(43)38-28-20-22-29(23-21-28)39-35(44)33-34(26-15-10-8-11-16-26)47-36(41-33)27-17-12-9-13-18-27/h8-13,15-18,20-23,30H,2-7,14,19,24-25H2,1H3,(H,38,43)(H,39,44)(H,40,42)(H,45,46). The number of benzene rings is 3. The van der Waals surface area contributed by atoms with Gasteiger partial charge in [0.2, 0.25) is 17.7 Å². The fraction of sp³-hybridized carbons (Fsp3) is 0.324. The molecule has 47 heavy (non-hydrogen) atoms. The number of aliphatic carboxylic acids is 1. The largest absolute Gasteiger partial charge is 0.480 e. The summed E-state index contributed by atoms with van der Waals surface area (Å²) >= 11 is 0. The van der Waals surface area contributed by atoms with E-state index in [0.717, 1.165) is 24.8 Å². The van der Waals surface area contributed by atoms with Crippen molar-refractivity contribution in [2.45, 2.75) is 77.2 Å². The summed E-state index contributed by atoms with van der Waals surface area (Å²) < 4.78 is 6.04. The molecule has 4 N–H and O–H groups in total. The monoisotopic (exact) mass is 638 g/mol. The quantitative estimate of drug-likeness (QED) is 0.0816. The Kier molecular flexibility index (Phi) is 13.3. The van der Waals surface area contributed by atoms with Gasteiger partial charge in [-0.1, -0.05) is 94.0 Å². The van der Waals surface area contributed by atoms with Gasteiger partial charge in [-0.25, -0.2) is 9.78 Å². The Balaban J connectivity index is 1.28. The SMILES string of the molecule is CCCCCCCCCC(=O)NC(CCC(=O)Nc1ccc(NC(=O)c2nc(-c3ccccc3)oc2-c2ccccc2)cc1)C(=O)O. The van der Waals surface area contributed by atoms with Crippen molar-refractivity contribution in [2.75, 3.05) is 10.6 Å². The lowest BCUT2D eigenvalue weighted by molar-refractivity contribution is -0.142. The van der Waals surface area contributed by atoms with Crippen LogP contribution in [0.4, 0.5) is 11.4 Å². The molecule has 0 saturated carbocycles. The van der Waals surface area contributed by atoms with Crippen LogP contribution in [-0.4, -0.2) is 39.8 Å². The Bertz CT molecular complexity index is 1600. The number of hydrogen-bond acceptors (Lipinski definition) is 6. The minimum Gasteiger partial charge on any atom is -0.480 e. The first kappa shape index (κ1) is 34.6. The first-order chi connectivity index (χ1) is 22.8. The smallest absolute Gasteiger partial charge is 0.326 e. The van der Waals surface area contributed by atoms with Gasteiger partial charge in [0.1, 0.15) is 6.04 Å². The highest BCUT2D eigenvalue weighted by Crippen LogP contribution is 2.30. The minimum atomic E-state index is -1.18. The van der Waals surface area contributed by atoms with Crippen LogP contribution in [0.1, 0.15) is 81.6 Å². The van der Waals surface area contributed by atoms with Crippen LogP contribution in [0.5, 0.6) is 0 Å². The molecule has 3 aromatic carbocycles. The summed E-state index contributed by atoms with van der Waals surface area (Å²) in [5, 5.41) is 17.7. The molecule has 0 aliphatic carbocycles. The molecule has 1 aromatic heterocycles. The zero-order valence-electron chi connectivity index (χ0n) is 26.7. The average Bonchev–Trinajstić information content (AvgIpc) is 3.54. The van der Waals surface area contributed by atoms with Gasteiger partial charge in [-0.05, 0) is 49.2 Å². The molecule has 3 amide bonds. The number of carbonyl (C=O) groups is 4. The average molecular weight is 639 g/mol. The fourth-order valence-corrected chi connectivity index (χ4v) is 5.06. The molecule has 10 heteroatoms. The summed E-state index contributed by atoms with van der Waals surface area (Å²) in [6.07, 6.45) is 7.59. The Hall–Kier alpha value is -5.25. The summed E-state index contributed by atoms with van der Waals surface area (Å²) in [5.74, 6) is -1.67. The van der Waals surface area contributed by atoms with E-state index in [0.29, 0.717) is 35.0 Å². The summed E-state index contributed by atoms with van der Waals surface area (Å²) in [5.41, 5.74) is 2.54. The van der Waals surface area contributed by atoms with Crippen LogP contribution in [0, 0.1) is 0 Å². The first-order valence-corrected chi connectivity index (χ1v) is 16.2. The molecular formula is C37H42N4O6. The lowest BCUT2D eigenvalue weighted by Crippen LogP contribution is -2.41. The van der Waals surface area contributed by atoms with Crippen LogP contribution in [-0.2, 0) is 14.4 Å². The zero-order valence-corrected chi connectivity index (χ0v) is 26.7. The predicted molar refractivity (Wildman–Crippen MR) is 182 cm³/mol. The Labute approximate surface area is 275 Å². The number of amides is 3. The first-order valence-electron chi connectivity index (χ1n) is 16.2. The van der Waals surface area contributed by atoms with Crippen LogP contribution in [0.3, 0.4) is 0 Å². The lowest BCUT2D eigenvalue weighted by Gasteiger charge is -2.14. The molecule has 0 aliphatic heterocycles. The molecule has 0 aliphatic rings. The molecule has 1 unspecified atom stereocenters. The molecule has 0 radical (unpaired) electrons. The van der Waals surface area contributed by atoms with Crippen LogP contribution < -0.4 is 16.0 Å². The van der Waals surface area contributed by atoms with E-state index in [4.69, 9.17) is 4.42 Å². The van der Waals surface area contributed by atoms with Gasteiger partial charge in [0.15, 0.2) is 11.5 Å². The van der Waals surface area contributed by atoms with Crippen LogP contribution in [0.2, 0.25) is 0 Å². The van der Waals surface area contributed by atoms with E-state index in [1.807, 2.05) is 60.7 Å². The van der Waals surface area contributed by atoms with Gasteiger partial charge in [0.05, 0.1) is 0 Å². The van der Waals surface area contributed by atoms with Gasteiger partial charge >= 0.3 is 5.97 Å². The maximum atomic E-state index is 13.3. The third kappa shape index (κ3) is 11.0. The minimum absolute atomic E-state index is 0.0372. The van der Waals surface area contributed by atoms with E-state index < -0.39 is 23.8 Å². The number of nitrogens with zero attached hydrogens (tertiary/aromatic N) is 1. The molecular weight excluding hydrogens is 596 g/mol. The normalized spacial score (nSPS) is 11.4. The van der Waals surface area contributed by atoms with E-state index in [-0.39, 0.29) is 30.9 Å². The molecule has 4 aromatic rings. The number of oxazole rings is 1. The summed E-state index contributed by atoms with van der Waals surface area (Å²) in [7, 11) is 0. The fourth-order valence-electron chi connectivity index (χ4n) is 5.06. The van der Waals surface area contributed by atoms with E-state index >= 15 is 0 Å². The molecule has 4 rings (SSSR count). The van der Waals surface area contributed by atoms with Gasteiger partial charge < -0.3 is 25.5 Å². The summed E-state index contributed by atoms with van der Waals surface area (Å²) in [4.78, 5) is 54.4. The summed E-state index contributed by atoms with van der Waals surface area (Å²) in [6.45, 7) is 2.16. The maximum Gasteiger partial charge on any atom is 0.326 e. The molecule has 0 fully saturated rings. The third-order valence-electron chi connectivity index (χ3n) is 7.63. The third-order valence-corrected chi connectivity index (χ3v) is 7.63. The van der Waals surface area contributed by atoms with Crippen LogP contribution in [0.25, 0.3) is 22.8 Å². The Morgan fingerprint density at radius 1 is 0.702 bits per heavy atom. The van der Waals surface area contributed by atoms with Crippen molar-refractivity contribution in [3.63, 3.8) is 0 Å². The van der Waals surface area contributed by atoms with E-state index in [2.05, 4.69) is 27.9 Å². The van der Waals surface area contributed by atoms with E-state index in [1.165, 1.54) is 19.3 Å². The number of carbonyl (C=O) groups excluding carboxylic acids is 3. The van der Waals surface area contributed by atoms with Crippen LogP contribution >= 0.6 is 0 Å². The van der Waals surface area contributed by atoms with Crippen molar-refractivity contribution in [1.82, 2.24) is 10.3 Å². The van der Waals surface area contributed by atoms with Gasteiger partial charge in [-0.15, -0.1) is 0 Å². The molecule has 0 bridgehead atoms. The molecule has 0 saturated heterocycles. The number of hydrogen-bond donors (Lipinski definition) is 4. The number of aromatic nitrogens is 1. The van der Waals surface area contributed by atoms with Gasteiger partial charge in [0.25, 0.3) is 5.91 Å². The second-order valence-corrected chi connectivity index (χ2v) is 11.4. The highest BCUT2D eigenvalue weighted by molar-refractivity contribution is 6.07.